The van der Waals surface area contributed by atoms with Crippen molar-refractivity contribution in [1.29, 1.82) is 0 Å². The monoisotopic (exact) mass is 474 g/mol. The van der Waals surface area contributed by atoms with Crippen molar-refractivity contribution in [3.05, 3.63) is 57.3 Å². The summed E-state index contributed by atoms with van der Waals surface area (Å²) >= 11 is 9.53. The molecule has 4 rings (SSSR count). The van der Waals surface area contributed by atoms with E-state index < -0.39 is 0 Å². The van der Waals surface area contributed by atoms with Crippen LogP contribution in [0, 0.1) is 0 Å². The molecule has 0 radical (unpaired) electrons. The van der Waals surface area contributed by atoms with Crippen LogP contribution >= 0.6 is 27.5 Å². The molecule has 1 saturated heterocycles. The minimum Gasteiger partial charge on any atom is -0.342 e. The third-order valence-electron chi connectivity index (χ3n) is 5.04. The van der Waals surface area contributed by atoms with Gasteiger partial charge in [0.25, 0.3) is 5.91 Å². The maximum Gasteiger partial charge on any atom is 0.251 e. The number of nitrogens with one attached hydrogen (secondary N) is 2. The summed E-state index contributed by atoms with van der Waals surface area (Å²) in [6.45, 7) is 2.57. The van der Waals surface area contributed by atoms with Crippen LogP contribution in [-0.2, 0) is 4.79 Å². The number of fused-ring (bicyclic) bond motifs is 1. The van der Waals surface area contributed by atoms with Gasteiger partial charge in [0.1, 0.15) is 5.82 Å². The van der Waals surface area contributed by atoms with Gasteiger partial charge in [-0.1, -0.05) is 11.6 Å². The minimum atomic E-state index is -0.309. The number of imidazole rings is 1. The second-order valence-corrected chi connectivity index (χ2v) is 8.44. The maximum absolute atomic E-state index is 12.7. The molecule has 0 aliphatic carbocycles. The van der Waals surface area contributed by atoms with Crippen molar-refractivity contribution in [3.8, 4) is 0 Å². The molecule has 3 aromatic rings. The predicted molar refractivity (Wildman–Crippen MR) is 117 cm³/mol. The summed E-state index contributed by atoms with van der Waals surface area (Å²) in [5, 5.41) is 3.58. The molecule has 1 aromatic heterocycles. The summed E-state index contributed by atoms with van der Waals surface area (Å²) < 4.78 is 0.728. The molecule has 0 spiro atoms. The third kappa shape index (κ3) is 4.16. The third-order valence-corrected chi connectivity index (χ3v) is 5.91. The van der Waals surface area contributed by atoms with Crippen LogP contribution in [0.4, 0.5) is 5.69 Å². The molecule has 29 heavy (non-hydrogen) atoms. The summed E-state index contributed by atoms with van der Waals surface area (Å²) in [6.07, 6.45) is 2.48. The highest BCUT2D eigenvalue weighted by Crippen LogP contribution is 2.30. The zero-order valence-corrected chi connectivity index (χ0v) is 18.2. The molecule has 1 aliphatic rings. The first-order valence-electron chi connectivity index (χ1n) is 9.48. The Balaban J connectivity index is 1.50. The van der Waals surface area contributed by atoms with Gasteiger partial charge in [0.05, 0.1) is 22.8 Å². The number of hydrogen-bond acceptors (Lipinski definition) is 3. The van der Waals surface area contributed by atoms with E-state index in [0.717, 1.165) is 34.0 Å². The highest BCUT2D eigenvalue weighted by molar-refractivity contribution is 9.10. The first kappa shape index (κ1) is 19.9. The highest BCUT2D eigenvalue weighted by atomic mass is 79.9. The van der Waals surface area contributed by atoms with Crippen LogP contribution in [0.15, 0.2) is 40.9 Å². The largest absolute Gasteiger partial charge is 0.342 e. The van der Waals surface area contributed by atoms with Crippen molar-refractivity contribution in [2.45, 2.75) is 32.2 Å². The van der Waals surface area contributed by atoms with Gasteiger partial charge in [0, 0.05) is 28.0 Å². The Labute approximate surface area is 181 Å². The van der Waals surface area contributed by atoms with E-state index in [2.05, 4.69) is 31.2 Å². The number of hydrogen-bond donors (Lipinski definition) is 2. The molecule has 0 bridgehead atoms. The molecule has 8 heteroatoms. The summed E-state index contributed by atoms with van der Waals surface area (Å²) in [4.78, 5) is 34.4. The van der Waals surface area contributed by atoms with Gasteiger partial charge >= 0.3 is 0 Å². The van der Waals surface area contributed by atoms with Gasteiger partial charge in [-0.05, 0) is 72.1 Å². The summed E-state index contributed by atoms with van der Waals surface area (Å²) in [5.41, 5.74) is 2.93. The minimum absolute atomic E-state index is 0.118. The Morgan fingerprint density at radius 3 is 2.86 bits per heavy atom. The molecule has 0 saturated carbocycles. The van der Waals surface area contributed by atoms with Gasteiger partial charge in [0.2, 0.25) is 5.91 Å². The lowest BCUT2D eigenvalue weighted by Gasteiger charge is -2.27. The van der Waals surface area contributed by atoms with E-state index in [-0.39, 0.29) is 17.9 Å². The van der Waals surface area contributed by atoms with Crippen LogP contribution in [0.2, 0.25) is 5.02 Å². The number of benzene rings is 2. The highest BCUT2D eigenvalue weighted by Gasteiger charge is 2.22. The maximum atomic E-state index is 12.7. The average molecular weight is 476 g/mol. The van der Waals surface area contributed by atoms with E-state index in [1.165, 1.54) is 0 Å². The molecule has 150 valence electrons. The van der Waals surface area contributed by atoms with Crippen LogP contribution in [0.25, 0.3) is 11.0 Å². The SMILES string of the molecule is CC(NC(=O)c1ccc(N2CCCCC2=O)c(Br)c1)c1nc2ccc(Cl)cc2[nH]1. The molecular weight excluding hydrogens is 456 g/mol. The molecule has 1 fully saturated rings. The lowest BCUT2D eigenvalue weighted by Crippen LogP contribution is -2.35. The second kappa shape index (κ2) is 8.16. The van der Waals surface area contributed by atoms with Gasteiger partial charge < -0.3 is 15.2 Å². The van der Waals surface area contributed by atoms with E-state index in [4.69, 9.17) is 11.6 Å². The fourth-order valence-electron chi connectivity index (χ4n) is 3.48. The van der Waals surface area contributed by atoms with Gasteiger partial charge in [-0.25, -0.2) is 4.98 Å². The zero-order chi connectivity index (χ0) is 20.5. The van der Waals surface area contributed by atoms with Gasteiger partial charge in [-0.2, -0.15) is 0 Å². The number of anilines is 1. The number of amides is 2. The van der Waals surface area contributed by atoms with Crippen LogP contribution in [-0.4, -0.2) is 28.3 Å². The lowest BCUT2D eigenvalue weighted by atomic mass is 10.1. The van der Waals surface area contributed by atoms with Crippen molar-refractivity contribution in [3.63, 3.8) is 0 Å². The number of aromatic nitrogens is 2. The number of H-pyrrole nitrogens is 1. The van der Waals surface area contributed by atoms with E-state index in [1.807, 2.05) is 19.1 Å². The topological polar surface area (TPSA) is 78.1 Å². The first-order chi connectivity index (χ1) is 13.9. The summed E-state index contributed by atoms with van der Waals surface area (Å²) in [5.74, 6) is 0.561. The van der Waals surface area contributed by atoms with Crippen LogP contribution in [0.1, 0.15) is 48.4 Å². The average Bonchev–Trinajstić information content (AvgIpc) is 3.12. The van der Waals surface area contributed by atoms with Crippen molar-refractivity contribution in [1.82, 2.24) is 15.3 Å². The standard InChI is InChI=1S/C21H20BrClN4O2/c1-12(20-25-16-7-6-14(23)11-17(16)26-20)24-21(29)13-5-8-18(15(22)10-13)27-9-3-2-4-19(27)28/h5-8,10-12H,2-4,9H2,1H3,(H,24,29)(H,25,26). The zero-order valence-electron chi connectivity index (χ0n) is 15.8. The Morgan fingerprint density at radius 1 is 1.28 bits per heavy atom. The smallest absolute Gasteiger partial charge is 0.251 e. The quantitative estimate of drug-likeness (QED) is 0.558. The van der Waals surface area contributed by atoms with Crippen molar-refractivity contribution < 1.29 is 9.59 Å². The summed E-state index contributed by atoms with van der Waals surface area (Å²) in [6, 6.07) is 10.4. The number of nitrogens with zero attached hydrogens (tertiary/aromatic N) is 2. The molecule has 2 aromatic carbocycles. The molecule has 2 amide bonds. The summed E-state index contributed by atoms with van der Waals surface area (Å²) in [7, 11) is 0. The van der Waals surface area contributed by atoms with E-state index in [9.17, 15) is 9.59 Å². The Bertz CT molecular complexity index is 1100. The first-order valence-corrected chi connectivity index (χ1v) is 10.7. The van der Waals surface area contributed by atoms with Crippen molar-refractivity contribution >= 4 is 56.1 Å². The normalized spacial score (nSPS) is 15.6. The Hall–Kier alpha value is -2.38. The second-order valence-electron chi connectivity index (χ2n) is 7.15. The van der Waals surface area contributed by atoms with E-state index in [1.54, 1.807) is 29.2 Å². The fourth-order valence-corrected chi connectivity index (χ4v) is 4.25. The Morgan fingerprint density at radius 2 is 2.10 bits per heavy atom. The molecule has 2 heterocycles. The number of carbonyl (C=O) groups excluding carboxylic acids is 2. The van der Waals surface area contributed by atoms with Crippen molar-refractivity contribution in [2.24, 2.45) is 0 Å². The van der Waals surface area contributed by atoms with Gasteiger partial charge in [-0.15, -0.1) is 0 Å². The Kier molecular flexibility index (Phi) is 5.61. The van der Waals surface area contributed by atoms with Crippen LogP contribution < -0.4 is 10.2 Å². The van der Waals surface area contributed by atoms with Gasteiger partial charge in [0.15, 0.2) is 0 Å². The van der Waals surface area contributed by atoms with Crippen LogP contribution in [0.3, 0.4) is 0 Å². The molecular formula is C21H20BrClN4O2. The van der Waals surface area contributed by atoms with Crippen LogP contribution in [0.5, 0.6) is 0 Å². The lowest BCUT2D eigenvalue weighted by molar-refractivity contribution is -0.119. The number of carbonyl (C=O) groups is 2. The number of piperidine rings is 1. The molecule has 1 atom stereocenters. The predicted octanol–water partition coefficient (Wildman–Crippen LogP) is 4.99. The molecule has 1 unspecified atom stereocenters. The molecule has 2 N–H and O–H groups in total. The van der Waals surface area contributed by atoms with E-state index in [0.29, 0.717) is 29.4 Å². The molecule has 6 nitrogen and oxygen atoms in total. The number of aromatic amines is 1. The number of rotatable bonds is 4. The number of halogens is 2. The van der Waals surface area contributed by atoms with E-state index >= 15 is 0 Å². The fraction of sp³-hybridized carbons (Fsp3) is 0.286. The molecule has 1 aliphatic heterocycles. The van der Waals surface area contributed by atoms with Crippen molar-refractivity contribution in [2.75, 3.05) is 11.4 Å². The van der Waals surface area contributed by atoms with Gasteiger partial charge in [-0.3, -0.25) is 9.59 Å².